The maximum atomic E-state index is 14.3. The lowest BCUT2D eigenvalue weighted by atomic mass is 9.91. The Hall–Kier alpha value is -1.57. The molecule has 10 atom stereocenters. The van der Waals surface area contributed by atoms with Gasteiger partial charge in [0, 0.05) is 19.8 Å². The summed E-state index contributed by atoms with van der Waals surface area (Å²) in [7, 11) is 2.98. The highest BCUT2D eigenvalue weighted by atomic mass is 33.1. The van der Waals surface area contributed by atoms with Crippen LogP contribution in [0.5, 0.6) is 0 Å². The van der Waals surface area contributed by atoms with Gasteiger partial charge in [-0.2, -0.15) is 0 Å². The van der Waals surface area contributed by atoms with E-state index in [9.17, 15) is 14.4 Å². The van der Waals surface area contributed by atoms with Crippen molar-refractivity contribution in [2.24, 2.45) is 0 Å². The molecule has 0 N–H and O–H groups in total. The average Bonchev–Trinajstić information content (AvgIpc) is 3.70. The molecule has 0 aromatic heterocycles. The summed E-state index contributed by atoms with van der Waals surface area (Å²) in [5, 5.41) is 0. The number of piperazine rings is 1. The minimum atomic E-state index is -1.02. The Kier molecular flexibility index (Phi) is 4.17. The second-order valence-electron chi connectivity index (χ2n) is 11.8. The van der Waals surface area contributed by atoms with Gasteiger partial charge in [-0.25, -0.2) is 9.78 Å². The fourth-order valence-corrected chi connectivity index (χ4v) is 10.6. The third kappa shape index (κ3) is 2.68. The van der Waals surface area contributed by atoms with Crippen molar-refractivity contribution >= 4 is 39.4 Å². The summed E-state index contributed by atoms with van der Waals surface area (Å²) in [4.78, 5) is 53.1. The number of epoxide rings is 2. The summed E-state index contributed by atoms with van der Waals surface area (Å²) >= 11 is 0. The second-order valence-corrected chi connectivity index (χ2v) is 14.5. The van der Waals surface area contributed by atoms with E-state index < -0.39 is 21.4 Å². The van der Waals surface area contributed by atoms with E-state index in [0.717, 1.165) is 11.1 Å². The zero-order valence-electron chi connectivity index (χ0n) is 20.2. The molecular formula is C24H26N2O8S2. The van der Waals surface area contributed by atoms with Gasteiger partial charge in [-0.3, -0.25) is 14.4 Å². The molecule has 0 aromatic rings. The van der Waals surface area contributed by atoms with E-state index in [2.05, 4.69) is 0 Å². The summed E-state index contributed by atoms with van der Waals surface area (Å²) < 4.78 is 17.4. The van der Waals surface area contributed by atoms with Crippen LogP contribution in [-0.2, 0) is 38.4 Å². The summed E-state index contributed by atoms with van der Waals surface area (Å²) in [5.74, 6) is -0.465. The number of carbonyl (C=O) groups excluding carboxylic acids is 3. The monoisotopic (exact) mass is 534 g/mol. The van der Waals surface area contributed by atoms with Crippen LogP contribution in [-0.4, -0.2) is 91.6 Å². The van der Waals surface area contributed by atoms with E-state index in [0.29, 0.717) is 12.8 Å². The Morgan fingerprint density at radius 1 is 0.917 bits per heavy atom. The normalized spacial score (nSPS) is 48.8. The van der Waals surface area contributed by atoms with Gasteiger partial charge in [-0.1, -0.05) is 21.6 Å². The van der Waals surface area contributed by atoms with Gasteiger partial charge >= 0.3 is 5.97 Å². The van der Waals surface area contributed by atoms with Crippen LogP contribution < -0.4 is 0 Å². The van der Waals surface area contributed by atoms with Gasteiger partial charge in [-0.05, 0) is 44.1 Å². The Balaban J connectivity index is 1.15. The molecule has 9 rings (SSSR count). The van der Waals surface area contributed by atoms with E-state index in [-0.39, 0.29) is 60.4 Å². The molecule has 36 heavy (non-hydrogen) atoms. The first-order valence-corrected chi connectivity index (χ1v) is 14.5. The molecule has 7 fully saturated rings. The summed E-state index contributed by atoms with van der Waals surface area (Å²) in [6.07, 6.45) is 2.94. The summed E-state index contributed by atoms with van der Waals surface area (Å²) in [6.45, 7) is 7.12. The number of nitrogens with zero attached hydrogens (tertiary/aromatic N) is 2. The van der Waals surface area contributed by atoms with Crippen molar-refractivity contribution in [3.05, 3.63) is 23.3 Å². The van der Waals surface area contributed by atoms with E-state index >= 15 is 0 Å². The smallest absolute Gasteiger partial charge is 0.303 e. The average molecular weight is 535 g/mol. The molecule has 2 amide bonds. The molecule has 9 aliphatic rings. The fourth-order valence-electron chi connectivity index (χ4n) is 6.90. The largest absolute Gasteiger partial charge is 0.455 e. The van der Waals surface area contributed by atoms with Gasteiger partial charge in [0.15, 0.2) is 9.74 Å². The minimum Gasteiger partial charge on any atom is -0.455 e. The van der Waals surface area contributed by atoms with Crippen LogP contribution >= 0.6 is 21.6 Å². The van der Waals surface area contributed by atoms with Crippen molar-refractivity contribution in [1.82, 2.24) is 9.80 Å². The van der Waals surface area contributed by atoms with Gasteiger partial charge < -0.3 is 24.0 Å². The molecule has 0 aromatic carbocycles. The maximum Gasteiger partial charge on any atom is 0.303 e. The predicted molar refractivity (Wildman–Crippen MR) is 126 cm³/mol. The number of hydrogen-bond donors (Lipinski definition) is 0. The van der Waals surface area contributed by atoms with Crippen molar-refractivity contribution in [2.45, 2.75) is 105 Å². The van der Waals surface area contributed by atoms with Crippen LogP contribution in [0, 0.1) is 0 Å². The standard InChI is InChI=1S/C24H26N2O8S2/c1-9(27)30-12-5-10-7-23-20(28)26-15-11(6-13(17-19(15)32-17)33-34-22(2,3)4)8-24(26,36-35-23)21(29)25(23)14(10)18-16(12)31-18/h5-6,12-19H,7-8H2,1-4H3. The highest BCUT2D eigenvalue weighted by molar-refractivity contribution is 8.78. The lowest BCUT2D eigenvalue weighted by Gasteiger charge is -2.58. The number of ether oxygens (including phenoxy) is 3. The number of rotatable bonds is 3. The first-order valence-electron chi connectivity index (χ1n) is 12.3. The number of amides is 2. The molecule has 0 radical (unpaired) electrons. The Labute approximate surface area is 215 Å². The Bertz CT molecular complexity index is 1200. The van der Waals surface area contributed by atoms with Crippen molar-refractivity contribution < 1.29 is 38.4 Å². The first kappa shape index (κ1) is 22.4. The molecule has 2 aliphatic carbocycles. The summed E-state index contributed by atoms with van der Waals surface area (Å²) in [5.41, 5.74) is 1.48. The molecule has 2 spiro atoms. The van der Waals surface area contributed by atoms with Crippen LogP contribution in [0.1, 0.15) is 40.5 Å². The zero-order valence-corrected chi connectivity index (χ0v) is 21.8. The molecule has 7 aliphatic heterocycles. The van der Waals surface area contributed by atoms with E-state index in [1.165, 1.54) is 28.5 Å². The van der Waals surface area contributed by atoms with Crippen molar-refractivity contribution in [3.63, 3.8) is 0 Å². The van der Waals surface area contributed by atoms with Crippen LogP contribution in [0.25, 0.3) is 0 Å². The Morgan fingerprint density at radius 2 is 1.42 bits per heavy atom. The molecule has 7 saturated heterocycles. The summed E-state index contributed by atoms with van der Waals surface area (Å²) in [6, 6.07) is -0.577. The maximum absolute atomic E-state index is 14.3. The number of esters is 1. The van der Waals surface area contributed by atoms with Gasteiger partial charge in [0.1, 0.15) is 36.6 Å². The van der Waals surface area contributed by atoms with Crippen LogP contribution in [0.3, 0.4) is 0 Å². The molecule has 2 bridgehead atoms. The highest BCUT2D eigenvalue weighted by Crippen LogP contribution is 2.71. The molecule has 12 heteroatoms. The Morgan fingerprint density at radius 3 is 1.92 bits per heavy atom. The minimum absolute atomic E-state index is 0.0460. The van der Waals surface area contributed by atoms with Gasteiger partial charge in [-0.15, -0.1) is 0 Å². The van der Waals surface area contributed by atoms with E-state index in [1.807, 2.05) is 37.8 Å². The third-order valence-electron chi connectivity index (χ3n) is 8.27. The first-order chi connectivity index (χ1) is 17.0. The number of fused-ring (bicyclic) bond motifs is 7. The van der Waals surface area contributed by atoms with E-state index in [4.69, 9.17) is 24.0 Å². The molecule has 10 nitrogen and oxygen atoms in total. The molecular weight excluding hydrogens is 508 g/mol. The SMILES string of the molecule is CC(=O)OC1C=C2CC34SSC5(CC6=CC(OOC(C)(C)C)C7OC7C6N5C3=O)C(=O)N4C2C2OC12. The molecule has 10 unspecified atom stereocenters. The predicted octanol–water partition coefficient (Wildman–Crippen LogP) is 1.45. The lowest BCUT2D eigenvalue weighted by molar-refractivity contribution is -0.366. The van der Waals surface area contributed by atoms with E-state index in [1.54, 1.807) is 4.90 Å². The van der Waals surface area contributed by atoms with Gasteiger partial charge in [0.05, 0.1) is 17.7 Å². The molecule has 7 heterocycles. The van der Waals surface area contributed by atoms with Crippen molar-refractivity contribution in [1.29, 1.82) is 0 Å². The van der Waals surface area contributed by atoms with Crippen molar-refractivity contribution in [3.8, 4) is 0 Å². The lowest BCUT2D eigenvalue weighted by Crippen LogP contribution is -2.76. The third-order valence-corrected chi connectivity index (χ3v) is 11.8. The van der Waals surface area contributed by atoms with Crippen LogP contribution in [0.15, 0.2) is 23.3 Å². The second kappa shape index (κ2) is 6.70. The molecule has 0 saturated carbocycles. The van der Waals surface area contributed by atoms with Crippen LogP contribution in [0.2, 0.25) is 0 Å². The topological polar surface area (TPSA) is 110 Å². The highest BCUT2D eigenvalue weighted by Gasteiger charge is 2.80. The van der Waals surface area contributed by atoms with Gasteiger partial charge in [0.25, 0.3) is 11.8 Å². The number of hydrogen-bond acceptors (Lipinski definition) is 10. The van der Waals surface area contributed by atoms with Crippen molar-refractivity contribution in [2.75, 3.05) is 0 Å². The molecule has 192 valence electrons. The van der Waals surface area contributed by atoms with Gasteiger partial charge in [0.2, 0.25) is 0 Å². The number of carbonyl (C=O) groups is 3. The quantitative estimate of drug-likeness (QED) is 0.132. The zero-order chi connectivity index (χ0) is 24.9. The van der Waals surface area contributed by atoms with Crippen LogP contribution in [0.4, 0.5) is 0 Å². The fraction of sp³-hybridized carbons (Fsp3) is 0.708.